The van der Waals surface area contributed by atoms with Gasteiger partial charge < -0.3 is 9.73 Å². The van der Waals surface area contributed by atoms with Gasteiger partial charge in [0.05, 0.1) is 5.69 Å². The standard InChI is InChI=1S/C14H21N3O/c1-4-10-17-12(8-9-16-17)14(15-5-2)13-7-6-11(3)18-13/h6-9,14-15H,4-5,10H2,1-3H3. The maximum atomic E-state index is 5.75. The van der Waals surface area contributed by atoms with Crippen molar-refractivity contribution in [1.29, 1.82) is 0 Å². The largest absolute Gasteiger partial charge is 0.464 e. The zero-order valence-electron chi connectivity index (χ0n) is 11.3. The molecular weight excluding hydrogens is 226 g/mol. The van der Waals surface area contributed by atoms with Crippen LogP contribution in [-0.4, -0.2) is 16.3 Å². The van der Waals surface area contributed by atoms with Crippen molar-refractivity contribution in [1.82, 2.24) is 15.1 Å². The molecule has 2 aromatic rings. The summed E-state index contributed by atoms with van der Waals surface area (Å²) in [7, 11) is 0. The Morgan fingerprint density at radius 2 is 2.17 bits per heavy atom. The van der Waals surface area contributed by atoms with Gasteiger partial charge in [0, 0.05) is 12.7 Å². The number of rotatable bonds is 6. The SMILES string of the molecule is CCCn1nccc1C(NCC)c1ccc(C)o1. The second kappa shape index (κ2) is 5.87. The van der Waals surface area contributed by atoms with E-state index < -0.39 is 0 Å². The lowest BCUT2D eigenvalue weighted by molar-refractivity contribution is 0.416. The molecular formula is C14H21N3O. The first-order valence-electron chi connectivity index (χ1n) is 6.57. The molecule has 0 bridgehead atoms. The van der Waals surface area contributed by atoms with E-state index in [0.29, 0.717) is 0 Å². The smallest absolute Gasteiger partial charge is 0.127 e. The van der Waals surface area contributed by atoms with Gasteiger partial charge in [0.1, 0.15) is 17.6 Å². The highest BCUT2D eigenvalue weighted by Crippen LogP contribution is 2.23. The van der Waals surface area contributed by atoms with E-state index in [2.05, 4.69) is 30.3 Å². The maximum absolute atomic E-state index is 5.75. The van der Waals surface area contributed by atoms with Gasteiger partial charge in [-0.2, -0.15) is 5.10 Å². The number of hydrogen-bond acceptors (Lipinski definition) is 3. The summed E-state index contributed by atoms with van der Waals surface area (Å²) in [6.07, 6.45) is 2.93. The van der Waals surface area contributed by atoms with Crippen molar-refractivity contribution in [2.45, 2.75) is 39.8 Å². The summed E-state index contributed by atoms with van der Waals surface area (Å²) in [6, 6.07) is 6.17. The van der Waals surface area contributed by atoms with Crippen LogP contribution in [0.3, 0.4) is 0 Å². The lowest BCUT2D eigenvalue weighted by Crippen LogP contribution is -2.24. The highest BCUT2D eigenvalue weighted by atomic mass is 16.3. The summed E-state index contributed by atoms with van der Waals surface area (Å²) >= 11 is 0. The normalized spacial score (nSPS) is 12.8. The third kappa shape index (κ3) is 2.64. The molecule has 0 aliphatic rings. The Balaban J connectivity index is 2.31. The molecule has 1 unspecified atom stereocenters. The summed E-state index contributed by atoms with van der Waals surface area (Å²) in [5.74, 6) is 1.89. The van der Waals surface area contributed by atoms with E-state index in [1.165, 1.54) is 0 Å². The second-order valence-electron chi connectivity index (χ2n) is 4.42. The van der Waals surface area contributed by atoms with Crippen molar-refractivity contribution in [3.63, 3.8) is 0 Å². The van der Waals surface area contributed by atoms with Crippen LogP contribution in [0, 0.1) is 6.92 Å². The monoisotopic (exact) mass is 247 g/mol. The summed E-state index contributed by atoms with van der Waals surface area (Å²) in [6.45, 7) is 8.05. The zero-order valence-corrected chi connectivity index (χ0v) is 11.3. The Kier molecular flexibility index (Phi) is 4.20. The Bertz CT molecular complexity index is 487. The Labute approximate surface area is 108 Å². The fourth-order valence-corrected chi connectivity index (χ4v) is 2.15. The molecule has 0 aliphatic heterocycles. The number of nitrogens with zero attached hydrogens (tertiary/aromatic N) is 2. The van der Waals surface area contributed by atoms with Gasteiger partial charge in [0.25, 0.3) is 0 Å². The predicted molar refractivity (Wildman–Crippen MR) is 71.5 cm³/mol. The second-order valence-corrected chi connectivity index (χ2v) is 4.42. The van der Waals surface area contributed by atoms with Gasteiger partial charge in [-0.05, 0) is 38.1 Å². The molecule has 0 saturated carbocycles. The zero-order chi connectivity index (χ0) is 13.0. The van der Waals surface area contributed by atoms with Crippen LogP contribution in [0.15, 0.2) is 28.8 Å². The summed E-state index contributed by atoms with van der Waals surface area (Å²) in [5.41, 5.74) is 1.16. The molecule has 0 amide bonds. The number of aryl methyl sites for hydroxylation is 2. The van der Waals surface area contributed by atoms with Crippen molar-refractivity contribution in [2.24, 2.45) is 0 Å². The fraction of sp³-hybridized carbons (Fsp3) is 0.500. The van der Waals surface area contributed by atoms with Crippen molar-refractivity contribution in [2.75, 3.05) is 6.54 Å². The lowest BCUT2D eigenvalue weighted by Gasteiger charge is -2.17. The van der Waals surface area contributed by atoms with E-state index in [-0.39, 0.29) is 6.04 Å². The summed E-state index contributed by atoms with van der Waals surface area (Å²) in [5, 5.41) is 7.84. The van der Waals surface area contributed by atoms with Crippen molar-refractivity contribution in [3.8, 4) is 0 Å². The molecule has 2 aromatic heterocycles. The molecule has 4 heteroatoms. The van der Waals surface area contributed by atoms with E-state index in [0.717, 1.165) is 36.7 Å². The van der Waals surface area contributed by atoms with E-state index in [4.69, 9.17) is 4.42 Å². The van der Waals surface area contributed by atoms with E-state index >= 15 is 0 Å². The molecule has 1 atom stereocenters. The minimum atomic E-state index is 0.0812. The predicted octanol–water partition coefficient (Wildman–Crippen LogP) is 2.89. The third-order valence-corrected chi connectivity index (χ3v) is 2.93. The lowest BCUT2D eigenvalue weighted by atomic mass is 10.1. The molecule has 2 rings (SSSR count). The van der Waals surface area contributed by atoms with E-state index in [1.54, 1.807) is 0 Å². The van der Waals surface area contributed by atoms with Gasteiger partial charge in [-0.3, -0.25) is 4.68 Å². The van der Waals surface area contributed by atoms with Crippen LogP contribution in [-0.2, 0) is 6.54 Å². The van der Waals surface area contributed by atoms with Crippen LogP contribution in [0.25, 0.3) is 0 Å². The van der Waals surface area contributed by atoms with Crippen molar-refractivity contribution < 1.29 is 4.42 Å². The molecule has 0 aliphatic carbocycles. The molecule has 4 nitrogen and oxygen atoms in total. The number of nitrogens with one attached hydrogen (secondary N) is 1. The fourth-order valence-electron chi connectivity index (χ4n) is 2.15. The molecule has 0 saturated heterocycles. The first-order chi connectivity index (χ1) is 8.76. The summed E-state index contributed by atoms with van der Waals surface area (Å²) in [4.78, 5) is 0. The minimum Gasteiger partial charge on any atom is -0.464 e. The molecule has 98 valence electrons. The van der Waals surface area contributed by atoms with Crippen LogP contribution >= 0.6 is 0 Å². The molecule has 0 aromatic carbocycles. The Morgan fingerprint density at radius 1 is 1.33 bits per heavy atom. The molecule has 2 heterocycles. The van der Waals surface area contributed by atoms with Crippen molar-refractivity contribution >= 4 is 0 Å². The first kappa shape index (κ1) is 12.9. The van der Waals surface area contributed by atoms with Gasteiger partial charge in [-0.25, -0.2) is 0 Å². The molecule has 0 spiro atoms. The number of aromatic nitrogens is 2. The van der Waals surface area contributed by atoms with Crippen LogP contribution in [0.5, 0.6) is 0 Å². The Hall–Kier alpha value is -1.55. The van der Waals surface area contributed by atoms with Crippen LogP contribution in [0.1, 0.15) is 43.5 Å². The average Bonchev–Trinajstić information content (AvgIpc) is 2.96. The van der Waals surface area contributed by atoms with Crippen LogP contribution < -0.4 is 5.32 Å². The topological polar surface area (TPSA) is 43.0 Å². The molecule has 0 radical (unpaired) electrons. The molecule has 18 heavy (non-hydrogen) atoms. The van der Waals surface area contributed by atoms with E-state index in [1.807, 2.05) is 29.9 Å². The van der Waals surface area contributed by atoms with E-state index in [9.17, 15) is 0 Å². The quantitative estimate of drug-likeness (QED) is 0.853. The van der Waals surface area contributed by atoms with Gasteiger partial charge in [-0.1, -0.05) is 13.8 Å². The van der Waals surface area contributed by atoms with Crippen LogP contribution in [0.2, 0.25) is 0 Å². The Morgan fingerprint density at radius 3 is 2.78 bits per heavy atom. The molecule has 1 N–H and O–H groups in total. The van der Waals surface area contributed by atoms with Gasteiger partial charge in [0.2, 0.25) is 0 Å². The minimum absolute atomic E-state index is 0.0812. The third-order valence-electron chi connectivity index (χ3n) is 2.93. The highest BCUT2D eigenvalue weighted by molar-refractivity contribution is 5.21. The average molecular weight is 247 g/mol. The highest BCUT2D eigenvalue weighted by Gasteiger charge is 2.20. The van der Waals surface area contributed by atoms with Crippen molar-refractivity contribution in [3.05, 3.63) is 41.6 Å². The molecule has 0 fully saturated rings. The summed E-state index contributed by atoms with van der Waals surface area (Å²) < 4.78 is 7.80. The number of furan rings is 1. The van der Waals surface area contributed by atoms with Crippen LogP contribution in [0.4, 0.5) is 0 Å². The van der Waals surface area contributed by atoms with Gasteiger partial charge in [0.15, 0.2) is 0 Å². The first-order valence-corrected chi connectivity index (χ1v) is 6.57. The maximum Gasteiger partial charge on any atom is 0.127 e. The number of hydrogen-bond donors (Lipinski definition) is 1. The van der Waals surface area contributed by atoms with Gasteiger partial charge in [-0.15, -0.1) is 0 Å². The van der Waals surface area contributed by atoms with Gasteiger partial charge >= 0.3 is 0 Å².